The fourth-order valence-corrected chi connectivity index (χ4v) is 7.44. The monoisotopic (exact) mass is 537 g/mol. The number of hydrogen-bond acceptors (Lipinski definition) is 6. The summed E-state index contributed by atoms with van der Waals surface area (Å²) in [6, 6.07) is 23.4. The van der Waals surface area contributed by atoms with Crippen LogP contribution in [0.2, 0.25) is 0 Å². The lowest BCUT2D eigenvalue weighted by Crippen LogP contribution is -2.22. The van der Waals surface area contributed by atoms with Gasteiger partial charge < -0.3 is 5.32 Å². The number of fused-ring (bicyclic) bond motifs is 6. The summed E-state index contributed by atoms with van der Waals surface area (Å²) in [7, 11) is 0. The predicted octanol–water partition coefficient (Wildman–Crippen LogP) is 5.86. The number of thioether (sulfide) groups is 1. The predicted molar refractivity (Wildman–Crippen MR) is 154 cm³/mol. The minimum Gasteiger partial charge on any atom is -0.325 e. The summed E-state index contributed by atoms with van der Waals surface area (Å²) in [6.45, 7) is 0. The van der Waals surface area contributed by atoms with Gasteiger partial charge in [-0.05, 0) is 54.8 Å². The molecule has 1 aliphatic carbocycles. The number of para-hydroxylation sites is 1. The normalized spacial score (nSPS) is 13.3. The number of aryl methyl sites for hydroxylation is 2. The van der Waals surface area contributed by atoms with Crippen molar-refractivity contribution < 1.29 is 4.79 Å². The van der Waals surface area contributed by atoms with E-state index in [1.165, 1.54) is 16.6 Å². The second-order valence-electron chi connectivity index (χ2n) is 9.35. The van der Waals surface area contributed by atoms with E-state index in [0.717, 1.165) is 63.6 Å². The zero-order valence-corrected chi connectivity index (χ0v) is 22.0. The fourth-order valence-electron chi connectivity index (χ4n) is 5.27. The third-order valence-electron chi connectivity index (χ3n) is 7.00. The number of aromatic nitrogens is 4. The van der Waals surface area contributed by atoms with Gasteiger partial charge >= 0.3 is 0 Å². The van der Waals surface area contributed by atoms with E-state index in [9.17, 15) is 9.59 Å². The van der Waals surface area contributed by atoms with Crippen LogP contribution in [0.15, 0.2) is 82.7 Å². The average Bonchev–Trinajstić information content (AvgIpc) is 3.55. The average molecular weight is 538 g/mol. The zero-order valence-electron chi connectivity index (χ0n) is 20.4. The van der Waals surface area contributed by atoms with Crippen molar-refractivity contribution in [2.45, 2.75) is 30.8 Å². The van der Waals surface area contributed by atoms with Crippen LogP contribution in [0.3, 0.4) is 0 Å². The third kappa shape index (κ3) is 3.81. The summed E-state index contributed by atoms with van der Waals surface area (Å²) in [5.74, 6) is 0.506. The molecule has 3 aromatic carbocycles. The molecule has 7 rings (SSSR count). The Hall–Kier alpha value is -3.95. The van der Waals surface area contributed by atoms with Crippen LogP contribution in [-0.2, 0) is 17.6 Å². The molecule has 9 heteroatoms. The molecule has 188 valence electrons. The topological polar surface area (TPSA) is 81.3 Å². The standard InChI is InChI=1S/C29H23N5O2S2/c35-24(30-22-15-8-10-18-9-4-5-13-20(18)22)17-37-29-32-31-28-33(19-11-2-1-3-12-19)26(36)25-21-14-6-7-16-23(21)38-27(25)34(28)29/h1-5,8-13,15H,6-7,14,16-17H2,(H,30,35). The highest BCUT2D eigenvalue weighted by Crippen LogP contribution is 2.36. The highest BCUT2D eigenvalue weighted by molar-refractivity contribution is 7.99. The second-order valence-corrected chi connectivity index (χ2v) is 11.4. The summed E-state index contributed by atoms with van der Waals surface area (Å²) in [5.41, 5.74) is 2.63. The van der Waals surface area contributed by atoms with Gasteiger partial charge in [0.2, 0.25) is 11.7 Å². The molecular weight excluding hydrogens is 514 g/mol. The Kier molecular flexibility index (Phi) is 5.74. The molecule has 0 saturated heterocycles. The number of carbonyl (C=O) groups is 1. The number of nitrogens with one attached hydrogen (secondary N) is 1. The van der Waals surface area contributed by atoms with Crippen LogP contribution in [-0.4, -0.2) is 30.8 Å². The van der Waals surface area contributed by atoms with Crippen molar-refractivity contribution in [3.05, 3.63) is 93.6 Å². The van der Waals surface area contributed by atoms with E-state index in [0.29, 0.717) is 10.9 Å². The fraction of sp³-hybridized carbons (Fsp3) is 0.172. The Labute approximate surface area is 226 Å². The first-order valence-electron chi connectivity index (χ1n) is 12.6. The van der Waals surface area contributed by atoms with E-state index in [4.69, 9.17) is 0 Å². The summed E-state index contributed by atoms with van der Waals surface area (Å²) in [4.78, 5) is 29.0. The van der Waals surface area contributed by atoms with Gasteiger partial charge in [0.15, 0.2) is 5.16 Å². The second kappa shape index (κ2) is 9.41. The Morgan fingerprint density at radius 1 is 0.947 bits per heavy atom. The number of nitrogens with zero attached hydrogens (tertiary/aromatic N) is 4. The molecule has 7 nitrogen and oxygen atoms in total. The molecule has 1 N–H and O–H groups in total. The Morgan fingerprint density at radius 3 is 2.63 bits per heavy atom. The van der Waals surface area contributed by atoms with Crippen LogP contribution >= 0.6 is 23.1 Å². The maximum absolute atomic E-state index is 13.9. The Balaban J connectivity index is 1.29. The van der Waals surface area contributed by atoms with Crippen molar-refractivity contribution in [1.82, 2.24) is 19.2 Å². The molecule has 38 heavy (non-hydrogen) atoms. The third-order valence-corrected chi connectivity index (χ3v) is 9.21. The number of anilines is 1. The van der Waals surface area contributed by atoms with E-state index in [1.54, 1.807) is 15.9 Å². The zero-order chi connectivity index (χ0) is 25.6. The highest BCUT2D eigenvalue weighted by Gasteiger charge is 2.25. The van der Waals surface area contributed by atoms with Crippen LogP contribution < -0.4 is 10.9 Å². The molecular formula is C29H23N5O2S2. The quantitative estimate of drug-likeness (QED) is 0.279. The van der Waals surface area contributed by atoms with E-state index in [2.05, 4.69) is 15.5 Å². The number of benzene rings is 3. The summed E-state index contributed by atoms with van der Waals surface area (Å²) >= 11 is 2.99. The lowest BCUT2D eigenvalue weighted by atomic mass is 9.97. The molecule has 3 heterocycles. The molecule has 3 aromatic heterocycles. The van der Waals surface area contributed by atoms with Gasteiger partial charge in [0, 0.05) is 16.0 Å². The Morgan fingerprint density at radius 2 is 1.74 bits per heavy atom. The highest BCUT2D eigenvalue weighted by atomic mass is 32.2. The lowest BCUT2D eigenvalue weighted by molar-refractivity contribution is -0.113. The van der Waals surface area contributed by atoms with Crippen LogP contribution in [0.4, 0.5) is 5.69 Å². The van der Waals surface area contributed by atoms with Crippen molar-refractivity contribution >= 4 is 61.5 Å². The number of rotatable bonds is 5. The largest absolute Gasteiger partial charge is 0.325 e. The van der Waals surface area contributed by atoms with Crippen molar-refractivity contribution in [1.29, 1.82) is 0 Å². The number of carbonyl (C=O) groups excluding carboxylic acids is 1. The van der Waals surface area contributed by atoms with E-state index in [-0.39, 0.29) is 17.2 Å². The Bertz CT molecular complexity index is 1900. The molecule has 0 atom stereocenters. The molecule has 1 amide bonds. The number of thiophene rings is 1. The summed E-state index contributed by atoms with van der Waals surface area (Å²) < 4.78 is 3.61. The molecule has 0 spiro atoms. The van der Waals surface area contributed by atoms with Gasteiger partial charge in [-0.1, -0.05) is 66.4 Å². The molecule has 0 saturated carbocycles. The summed E-state index contributed by atoms with van der Waals surface area (Å²) in [6.07, 6.45) is 4.11. The van der Waals surface area contributed by atoms with Gasteiger partial charge in [-0.25, -0.2) is 8.97 Å². The molecule has 0 aliphatic heterocycles. The van der Waals surface area contributed by atoms with Gasteiger partial charge in [0.1, 0.15) is 4.83 Å². The van der Waals surface area contributed by atoms with Crippen LogP contribution in [0.5, 0.6) is 0 Å². The van der Waals surface area contributed by atoms with E-state index in [1.807, 2.05) is 77.2 Å². The first-order chi connectivity index (χ1) is 18.7. The van der Waals surface area contributed by atoms with E-state index < -0.39 is 0 Å². The van der Waals surface area contributed by atoms with Gasteiger partial charge in [-0.3, -0.25) is 9.59 Å². The van der Waals surface area contributed by atoms with Crippen molar-refractivity contribution in [3.8, 4) is 5.69 Å². The molecule has 0 radical (unpaired) electrons. The maximum atomic E-state index is 13.9. The SMILES string of the molecule is O=C(CSc1nnc2n(-c3ccccc3)c(=O)c3c4c(sc3n12)CCCC4)Nc1cccc2ccccc12. The van der Waals surface area contributed by atoms with E-state index >= 15 is 0 Å². The van der Waals surface area contributed by atoms with Crippen molar-refractivity contribution in [2.75, 3.05) is 11.1 Å². The molecule has 0 unspecified atom stereocenters. The first-order valence-corrected chi connectivity index (χ1v) is 14.4. The van der Waals surface area contributed by atoms with Gasteiger partial charge in [-0.15, -0.1) is 21.5 Å². The maximum Gasteiger partial charge on any atom is 0.268 e. The van der Waals surface area contributed by atoms with Gasteiger partial charge in [0.25, 0.3) is 5.56 Å². The van der Waals surface area contributed by atoms with Gasteiger partial charge in [0.05, 0.1) is 16.8 Å². The minimum atomic E-state index is -0.124. The van der Waals surface area contributed by atoms with Crippen molar-refractivity contribution in [3.63, 3.8) is 0 Å². The first kappa shape index (κ1) is 23.2. The number of hydrogen-bond donors (Lipinski definition) is 1. The van der Waals surface area contributed by atoms with Crippen LogP contribution in [0.1, 0.15) is 23.3 Å². The molecule has 1 aliphatic rings. The molecule has 0 bridgehead atoms. The van der Waals surface area contributed by atoms with Crippen molar-refractivity contribution in [2.24, 2.45) is 0 Å². The smallest absolute Gasteiger partial charge is 0.268 e. The van der Waals surface area contributed by atoms with Crippen LogP contribution in [0.25, 0.3) is 32.5 Å². The number of amides is 1. The summed E-state index contributed by atoms with van der Waals surface area (Å²) in [5, 5.41) is 15.4. The van der Waals surface area contributed by atoms with Crippen LogP contribution in [0, 0.1) is 0 Å². The molecule has 0 fully saturated rings. The minimum absolute atomic E-state index is 0.0595. The lowest BCUT2D eigenvalue weighted by Gasteiger charge is -2.12. The molecule has 6 aromatic rings. The van der Waals surface area contributed by atoms with Gasteiger partial charge in [-0.2, -0.15) is 0 Å².